The van der Waals surface area contributed by atoms with Crippen LogP contribution in [0.15, 0.2) is 0 Å². The Balaban J connectivity index is 3.93. The number of quaternary nitrogens is 1. The van der Waals surface area contributed by atoms with Crippen LogP contribution in [0.3, 0.4) is 0 Å². The van der Waals surface area contributed by atoms with Gasteiger partial charge in [0.25, 0.3) is 0 Å². The van der Waals surface area contributed by atoms with Crippen molar-refractivity contribution in [2.75, 3.05) is 27.4 Å². The van der Waals surface area contributed by atoms with E-state index in [9.17, 15) is 9.59 Å². The second-order valence-corrected chi connectivity index (χ2v) is 4.55. The molecule has 0 amide bonds. The number of ether oxygens (including phenoxy) is 1. The number of hydrogen-bond donors (Lipinski definition) is 1. The van der Waals surface area contributed by atoms with Gasteiger partial charge in [0, 0.05) is 0 Å². The van der Waals surface area contributed by atoms with Crippen LogP contribution in [0.25, 0.3) is 0 Å². The van der Waals surface area contributed by atoms with Crippen molar-refractivity contribution in [3.63, 3.8) is 0 Å². The Morgan fingerprint density at radius 2 is 1.87 bits per heavy atom. The summed E-state index contributed by atoms with van der Waals surface area (Å²) < 4.78 is 5.41. The van der Waals surface area contributed by atoms with Crippen molar-refractivity contribution >= 4 is 11.9 Å². The molecule has 88 valence electrons. The molecule has 0 rings (SSSR count). The molecule has 0 aliphatic heterocycles. The van der Waals surface area contributed by atoms with Crippen LogP contribution in [0.5, 0.6) is 0 Å². The van der Waals surface area contributed by atoms with E-state index in [1.807, 2.05) is 14.1 Å². The Hall–Kier alpha value is -1.10. The largest absolute Gasteiger partial charge is 0.481 e. The molecular weight excluding hydrogens is 198 g/mol. The smallest absolute Gasteiger partial charge is 0.312 e. The van der Waals surface area contributed by atoms with Gasteiger partial charge < -0.3 is 9.84 Å². The third-order valence-corrected chi connectivity index (χ3v) is 1.96. The lowest BCUT2D eigenvalue weighted by Crippen LogP contribution is -2.44. The Morgan fingerprint density at radius 1 is 1.33 bits per heavy atom. The minimum Gasteiger partial charge on any atom is -0.481 e. The maximum absolute atomic E-state index is 11.2. The number of carbonyl (C=O) groups excluding carboxylic acids is 1. The standard InChI is InChI=1S/C10H19NO4/c1-8(2)10(14)15-7-11(3,4)6-5-9(12)13/h8H,5-7H2,1-4H3/p+1. The van der Waals surface area contributed by atoms with Crippen LogP contribution in [0.4, 0.5) is 0 Å². The molecule has 0 bridgehead atoms. The molecule has 5 nitrogen and oxygen atoms in total. The predicted octanol–water partition coefficient (Wildman–Crippen LogP) is 0.694. The molecule has 0 aromatic rings. The molecule has 5 heteroatoms. The fourth-order valence-corrected chi connectivity index (χ4v) is 0.868. The summed E-state index contributed by atoms with van der Waals surface area (Å²) in [6, 6.07) is 0. The van der Waals surface area contributed by atoms with Gasteiger partial charge in [-0.05, 0) is 0 Å². The van der Waals surface area contributed by atoms with E-state index in [0.717, 1.165) is 0 Å². The van der Waals surface area contributed by atoms with Crippen LogP contribution in [0.2, 0.25) is 0 Å². The summed E-state index contributed by atoms with van der Waals surface area (Å²) >= 11 is 0. The lowest BCUT2D eigenvalue weighted by Gasteiger charge is -2.28. The van der Waals surface area contributed by atoms with Gasteiger partial charge >= 0.3 is 11.9 Å². The SMILES string of the molecule is CC(C)C(=O)OC[N+](C)(C)CCC(=O)O. The molecule has 0 aliphatic rings. The van der Waals surface area contributed by atoms with Crippen LogP contribution < -0.4 is 0 Å². The maximum atomic E-state index is 11.2. The van der Waals surface area contributed by atoms with E-state index in [0.29, 0.717) is 11.0 Å². The first-order valence-electron chi connectivity index (χ1n) is 4.95. The number of nitrogens with zero attached hydrogens (tertiary/aromatic N) is 1. The van der Waals surface area contributed by atoms with Crippen molar-refractivity contribution in [2.45, 2.75) is 20.3 Å². The molecule has 0 aromatic carbocycles. The lowest BCUT2D eigenvalue weighted by molar-refractivity contribution is -0.906. The average Bonchev–Trinajstić information content (AvgIpc) is 2.11. The number of carboxylic acid groups (broad SMARTS) is 1. The summed E-state index contributed by atoms with van der Waals surface area (Å²) in [6.07, 6.45) is 0.0756. The van der Waals surface area contributed by atoms with Crippen molar-refractivity contribution in [3.05, 3.63) is 0 Å². The van der Waals surface area contributed by atoms with Crippen molar-refractivity contribution in [2.24, 2.45) is 5.92 Å². The zero-order valence-electron chi connectivity index (χ0n) is 9.82. The van der Waals surface area contributed by atoms with Gasteiger partial charge in [-0.25, -0.2) is 0 Å². The van der Waals surface area contributed by atoms with Gasteiger partial charge in [-0.3, -0.25) is 14.1 Å². The van der Waals surface area contributed by atoms with Crippen LogP contribution in [-0.2, 0) is 14.3 Å². The van der Waals surface area contributed by atoms with E-state index in [4.69, 9.17) is 9.84 Å². The molecule has 1 N–H and O–H groups in total. The predicted molar refractivity (Wildman–Crippen MR) is 55.0 cm³/mol. The van der Waals surface area contributed by atoms with Gasteiger partial charge in [-0.1, -0.05) is 13.8 Å². The van der Waals surface area contributed by atoms with Crippen LogP contribution in [-0.4, -0.2) is 48.9 Å². The molecule has 0 aromatic heterocycles. The number of esters is 1. The fraction of sp³-hybridized carbons (Fsp3) is 0.800. The topological polar surface area (TPSA) is 63.6 Å². The number of carboxylic acids is 1. The first-order valence-corrected chi connectivity index (χ1v) is 4.95. The van der Waals surface area contributed by atoms with E-state index >= 15 is 0 Å². The number of hydrogen-bond acceptors (Lipinski definition) is 3. The molecule has 0 aliphatic carbocycles. The highest BCUT2D eigenvalue weighted by Crippen LogP contribution is 2.03. The molecule has 0 unspecified atom stereocenters. The van der Waals surface area contributed by atoms with Gasteiger partial charge in [0.05, 0.1) is 33.0 Å². The minimum atomic E-state index is -0.837. The van der Waals surface area contributed by atoms with Gasteiger partial charge in [0.1, 0.15) is 0 Å². The average molecular weight is 218 g/mol. The van der Waals surface area contributed by atoms with Crippen molar-refractivity contribution < 1.29 is 23.9 Å². The molecule has 0 fully saturated rings. The minimum absolute atomic E-state index is 0.0756. The molecule has 0 heterocycles. The second-order valence-electron chi connectivity index (χ2n) is 4.55. The third kappa shape index (κ3) is 6.90. The highest BCUT2D eigenvalue weighted by molar-refractivity contribution is 5.71. The molecule has 0 saturated heterocycles. The number of carbonyl (C=O) groups is 2. The highest BCUT2D eigenvalue weighted by atomic mass is 16.5. The Labute approximate surface area is 90.2 Å². The molecule has 0 atom stereocenters. The van der Waals surface area contributed by atoms with E-state index < -0.39 is 5.97 Å². The lowest BCUT2D eigenvalue weighted by atomic mass is 10.2. The zero-order valence-corrected chi connectivity index (χ0v) is 9.82. The summed E-state index contributed by atoms with van der Waals surface area (Å²) in [7, 11) is 3.66. The summed E-state index contributed by atoms with van der Waals surface area (Å²) in [4.78, 5) is 21.6. The van der Waals surface area contributed by atoms with Gasteiger partial charge in [0.2, 0.25) is 6.73 Å². The van der Waals surface area contributed by atoms with Crippen molar-refractivity contribution in [3.8, 4) is 0 Å². The summed E-state index contributed by atoms with van der Waals surface area (Å²) in [6.45, 7) is 4.18. The number of aliphatic carboxylic acids is 1. The van der Waals surface area contributed by atoms with E-state index in [1.165, 1.54) is 0 Å². The second kappa shape index (κ2) is 5.70. The van der Waals surface area contributed by atoms with Gasteiger partial charge in [-0.2, -0.15) is 0 Å². The Bertz CT molecular complexity index is 236. The normalized spacial score (nSPS) is 11.5. The highest BCUT2D eigenvalue weighted by Gasteiger charge is 2.20. The summed E-state index contributed by atoms with van der Waals surface area (Å²) in [5, 5.41) is 8.52. The summed E-state index contributed by atoms with van der Waals surface area (Å²) in [5.41, 5.74) is 0. The van der Waals surface area contributed by atoms with Crippen molar-refractivity contribution in [1.82, 2.24) is 0 Å². The molecule has 0 radical (unpaired) electrons. The maximum Gasteiger partial charge on any atom is 0.312 e. The van der Waals surface area contributed by atoms with E-state index in [-0.39, 0.29) is 25.0 Å². The number of rotatable bonds is 6. The third-order valence-electron chi connectivity index (χ3n) is 1.96. The van der Waals surface area contributed by atoms with Gasteiger partial charge in [0.15, 0.2) is 0 Å². The van der Waals surface area contributed by atoms with Crippen molar-refractivity contribution in [1.29, 1.82) is 0 Å². The quantitative estimate of drug-likeness (QED) is 0.405. The molecular formula is C10H20NO4+. The monoisotopic (exact) mass is 218 g/mol. The zero-order chi connectivity index (χ0) is 12.1. The summed E-state index contributed by atoms with van der Waals surface area (Å²) in [5.74, 6) is -1.24. The van der Waals surface area contributed by atoms with Crippen LogP contribution in [0.1, 0.15) is 20.3 Å². The molecule has 0 saturated carbocycles. The first kappa shape index (κ1) is 13.9. The van der Waals surface area contributed by atoms with E-state index in [1.54, 1.807) is 13.8 Å². The molecule has 15 heavy (non-hydrogen) atoms. The van der Waals surface area contributed by atoms with Crippen LogP contribution >= 0.6 is 0 Å². The van der Waals surface area contributed by atoms with Crippen LogP contribution in [0, 0.1) is 5.92 Å². The Kier molecular flexibility index (Phi) is 5.28. The Morgan fingerprint density at radius 3 is 2.27 bits per heavy atom. The fourth-order valence-electron chi connectivity index (χ4n) is 0.868. The first-order chi connectivity index (χ1) is 6.74. The van der Waals surface area contributed by atoms with E-state index in [2.05, 4.69) is 0 Å². The molecule has 0 spiro atoms. The van der Waals surface area contributed by atoms with Gasteiger partial charge in [-0.15, -0.1) is 0 Å².